The number of nitrogens with one attached hydrogen (secondary N) is 4. The van der Waals surface area contributed by atoms with E-state index in [9.17, 15) is 24.0 Å². The Hall–Kier alpha value is -3.90. The van der Waals surface area contributed by atoms with Gasteiger partial charge in [-0.3, -0.25) is 14.4 Å². The van der Waals surface area contributed by atoms with E-state index in [1.165, 1.54) is 0 Å². The number of fused-ring (bicyclic) bond motifs is 3. The van der Waals surface area contributed by atoms with Crippen molar-refractivity contribution in [1.82, 2.24) is 21.3 Å². The summed E-state index contributed by atoms with van der Waals surface area (Å²) in [6.07, 6.45) is 1.28. The molecular weight excluding hydrogens is 618 g/mol. The lowest BCUT2D eigenvalue weighted by Gasteiger charge is -2.26. The van der Waals surface area contributed by atoms with Crippen molar-refractivity contribution in [2.75, 3.05) is 13.2 Å². The van der Waals surface area contributed by atoms with Crippen molar-refractivity contribution in [3.63, 3.8) is 0 Å². The van der Waals surface area contributed by atoms with Crippen LogP contribution in [-0.2, 0) is 23.9 Å². The molecule has 2 aromatic rings. The van der Waals surface area contributed by atoms with E-state index in [1.807, 2.05) is 62.4 Å². The van der Waals surface area contributed by atoms with E-state index in [0.29, 0.717) is 25.7 Å². The number of alkyl carbamates (subject to hydrolysis) is 1. The minimum atomic E-state index is -1.09. The molecule has 0 aliphatic heterocycles. The normalized spacial score (nSPS) is 14.7. The molecule has 11 nitrogen and oxygen atoms in total. The first kappa shape index (κ1) is 37.6. The van der Waals surface area contributed by atoms with Crippen molar-refractivity contribution in [2.24, 2.45) is 17.6 Å². The van der Waals surface area contributed by atoms with Gasteiger partial charge >= 0.3 is 6.09 Å². The number of benzene rings is 2. The van der Waals surface area contributed by atoms with Crippen molar-refractivity contribution in [2.45, 2.75) is 89.2 Å². The summed E-state index contributed by atoms with van der Waals surface area (Å²) >= 11 is 4.39. The van der Waals surface area contributed by atoms with Crippen LogP contribution in [0.1, 0.15) is 76.8 Å². The Kier molecular flexibility index (Phi) is 14.7. The maximum atomic E-state index is 13.6. The van der Waals surface area contributed by atoms with Crippen LogP contribution in [0.15, 0.2) is 48.5 Å². The lowest BCUT2D eigenvalue weighted by atomic mass is 9.98. The third kappa shape index (κ3) is 10.8. The van der Waals surface area contributed by atoms with Crippen LogP contribution in [0.25, 0.3) is 11.1 Å². The second-order valence-electron chi connectivity index (χ2n) is 12.6. The lowest BCUT2D eigenvalue weighted by Crippen LogP contribution is -2.56. The molecular formula is C35H49N5O6S. The first-order valence-electron chi connectivity index (χ1n) is 16.3. The second kappa shape index (κ2) is 18.4. The molecule has 2 aromatic carbocycles. The Morgan fingerprint density at radius 3 is 2.00 bits per heavy atom. The second-order valence-corrected chi connectivity index (χ2v) is 13.1. The maximum Gasteiger partial charge on any atom is 0.407 e. The number of carbonyl (C=O) groups is 5. The highest BCUT2D eigenvalue weighted by Crippen LogP contribution is 2.44. The SMILES string of the molecule is CC(C)C(S)NC(=O)CCCC(NC(=O)OCC1c2ccccc2-c2ccccc21)C(=O)NC(C(=O)NC(C=O)CCCN)C(C)C. The van der Waals surface area contributed by atoms with Crippen molar-refractivity contribution in [3.05, 3.63) is 59.7 Å². The Balaban J connectivity index is 1.70. The van der Waals surface area contributed by atoms with Gasteiger partial charge in [0.25, 0.3) is 0 Å². The molecule has 0 spiro atoms. The zero-order chi connectivity index (χ0) is 34.5. The van der Waals surface area contributed by atoms with E-state index in [4.69, 9.17) is 10.5 Å². The van der Waals surface area contributed by atoms with Gasteiger partial charge in [0, 0.05) is 12.3 Å². The summed E-state index contributed by atoms with van der Waals surface area (Å²) in [5, 5.41) is 10.6. The summed E-state index contributed by atoms with van der Waals surface area (Å²) in [6, 6.07) is 13.1. The third-order valence-corrected chi connectivity index (χ3v) is 8.97. The summed E-state index contributed by atoms with van der Waals surface area (Å²) in [5.41, 5.74) is 9.83. The molecule has 12 heteroatoms. The standard InChI is InChI=1S/C35H49N5O6S/c1-21(2)31(33(44)37-23(19-41)11-10-18-36)40-32(43)29(16-9-17-30(42)39-34(47)22(3)4)38-35(45)46-20-28-26-14-7-5-12-24(26)25-13-6-8-15-27(25)28/h5-8,12-15,19,21-23,28-29,31,34,47H,9-11,16-18,20,36H2,1-4H3,(H,37,44)(H,38,45)(H,39,42)(H,40,43). The van der Waals surface area contributed by atoms with Gasteiger partial charge in [0.1, 0.15) is 25.0 Å². The van der Waals surface area contributed by atoms with Gasteiger partial charge in [0.2, 0.25) is 17.7 Å². The number of amides is 4. The van der Waals surface area contributed by atoms with E-state index in [-0.39, 0.29) is 54.9 Å². The molecule has 0 radical (unpaired) electrons. The molecule has 0 saturated heterocycles. The lowest BCUT2D eigenvalue weighted by molar-refractivity contribution is -0.132. The Morgan fingerprint density at radius 2 is 1.45 bits per heavy atom. The Morgan fingerprint density at radius 1 is 0.830 bits per heavy atom. The molecule has 47 heavy (non-hydrogen) atoms. The molecule has 0 aromatic heterocycles. The molecule has 0 heterocycles. The highest BCUT2D eigenvalue weighted by molar-refractivity contribution is 7.80. The molecule has 1 aliphatic rings. The van der Waals surface area contributed by atoms with Gasteiger partial charge in [-0.05, 0) is 66.3 Å². The number of ether oxygens (including phenoxy) is 1. The van der Waals surface area contributed by atoms with Crippen molar-refractivity contribution in [3.8, 4) is 11.1 Å². The van der Waals surface area contributed by atoms with Crippen LogP contribution >= 0.6 is 12.6 Å². The molecule has 0 saturated carbocycles. The van der Waals surface area contributed by atoms with Crippen LogP contribution in [0.2, 0.25) is 0 Å². The summed E-state index contributed by atoms with van der Waals surface area (Å²) in [5.74, 6) is -1.72. The third-order valence-electron chi connectivity index (χ3n) is 8.25. The van der Waals surface area contributed by atoms with E-state index in [2.05, 4.69) is 33.9 Å². The van der Waals surface area contributed by atoms with Gasteiger partial charge in [0.05, 0.1) is 11.4 Å². The molecule has 6 N–H and O–H groups in total. The average molecular weight is 668 g/mol. The highest BCUT2D eigenvalue weighted by atomic mass is 32.1. The monoisotopic (exact) mass is 667 g/mol. The molecule has 3 rings (SSSR count). The number of aldehydes is 1. The number of rotatable bonds is 18. The van der Waals surface area contributed by atoms with Gasteiger partial charge in [-0.25, -0.2) is 4.79 Å². The summed E-state index contributed by atoms with van der Waals surface area (Å²) < 4.78 is 5.68. The van der Waals surface area contributed by atoms with Crippen LogP contribution in [-0.4, -0.2) is 66.8 Å². The van der Waals surface area contributed by atoms with Gasteiger partial charge in [0.15, 0.2) is 0 Å². The number of hydrogen-bond acceptors (Lipinski definition) is 8. The van der Waals surface area contributed by atoms with E-state index >= 15 is 0 Å². The fraction of sp³-hybridized carbons (Fsp3) is 0.514. The van der Waals surface area contributed by atoms with Gasteiger partial charge in [-0.15, -0.1) is 0 Å². The quantitative estimate of drug-likeness (QED) is 0.0801. The summed E-state index contributed by atoms with van der Waals surface area (Å²) in [4.78, 5) is 63.9. The van der Waals surface area contributed by atoms with Crippen molar-refractivity contribution >= 4 is 42.7 Å². The topological polar surface area (TPSA) is 169 Å². The smallest absolute Gasteiger partial charge is 0.407 e. The van der Waals surface area contributed by atoms with Crippen LogP contribution in [0.3, 0.4) is 0 Å². The average Bonchev–Trinajstić information content (AvgIpc) is 3.37. The Labute approximate surface area is 282 Å². The fourth-order valence-electron chi connectivity index (χ4n) is 5.49. The first-order chi connectivity index (χ1) is 22.5. The Bertz CT molecular complexity index is 1340. The number of carbonyl (C=O) groups excluding carboxylic acids is 5. The van der Waals surface area contributed by atoms with E-state index in [1.54, 1.807) is 13.8 Å². The maximum absolute atomic E-state index is 13.6. The minimum Gasteiger partial charge on any atom is -0.449 e. The largest absolute Gasteiger partial charge is 0.449 e. The molecule has 4 unspecified atom stereocenters. The van der Waals surface area contributed by atoms with Gasteiger partial charge in [-0.1, -0.05) is 76.2 Å². The predicted molar refractivity (Wildman–Crippen MR) is 185 cm³/mol. The van der Waals surface area contributed by atoms with Crippen molar-refractivity contribution in [1.29, 1.82) is 0 Å². The predicted octanol–water partition coefficient (Wildman–Crippen LogP) is 3.66. The highest BCUT2D eigenvalue weighted by Gasteiger charge is 2.32. The number of hydrogen-bond donors (Lipinski definition) is 6. The fourth-order valence-corrected chi connectivity index (χ4v) is 5.64. The summed E-state index contributed by atoms with van der Waals surface area (Å²) in [6.45, 7) is 7.84. The summed E-state index contributed by atoms with van der Waals surface area (Å²) in [7, 11) is 0. The van der Waals surface area contributed by atoms with E-state index < -0.39 is 36.0 Å². The molecule has 0 bridgehead atoms. The molecule has 4 amide bonds. The molecule has 256 valence electrons. The van der Waals surface area contributed by atoms with Crippen LogP contribution in [0.5, 0.6) is 0 Å². The number of nitrogens with two attached hydrogens (primary N) is 1. The first-order valence-corrected chi connectivity index (χ1v) is 16.8. The van der Waals surface area contributed by atoms with Crippen LogP contribution < -0.4 is 27.0 Å². The molecule has 0 fully saturated rings. The minimum absolute atomic E-state index is 0.0576. The van der Waals surface area contributed by atoms with Gasteiger partial charge in [-0.2, -0.15) is 12.6 Å². The molecule has 4 atom stereocenters. The molecule has 1 aliphatic carbocycles. The number of thiol groups is 1. The van der Waals surface area contributed by atoms with Crippen LogP contribution in [0, 0.1) is 11.8 Å². The van der Waals surface area contributed by atoms with Crippen LogP contribution in [0.4, 0.5) is 4.79 Å². The van der Waals surface area contributed by atoms with Gasteiger partial charge < -0.3 is 36.5 Å². The zero-order valence-corrected chi connectivity index (χ0v) is 28.6. The van der Waals surface area contributed by atoms with E-state index in [0.717, 1.165) is 22.3 Å². The van der Waals surface area contributed by atoms with Crippen molar-refractivity contribution < 1.29 is 28.7 Å². The zero-order valence-electron chi connectivity index (χ0n) is 27.7.